The molecule has 6 nitrogen and oxygen atoms in total. The molecular weight excluding hydrogens is 388 g/mol. The van der Waals surface area contributed by atoms with Crippen molar-refractivity contribution in [1.82, 2.24) is 5.32 Å². The molecule has 3 rings (SSSR count). The van der Waals surface area contributed by atoms with Gasteiger partial charge in [0.05, 0.1) is 0 Å². The molecule has 29 heavy (non-hydrogen) atoms. The van der Waals surface area contributed by atoms with Gasteiger partial charge in [0, 0.05) is 22.6 Å². The van der Waals surface area contributed by atoms with E-state index in [0.717, 1.165) is 5.56 Å². The molecule has 0 spiro atoms. The first-order valence-corrected chi connectivity index (χ1v) is 10.0. The van der Waals surface area contributed by atoms with Crippen molar-refractivity contribution in [2.75, 3.05) is 5.32 Å². The molecule has 2 N–H and O–H groups in total. The third-order valence-corrected chi connectivity index (χ3v) is 4.87. The van der Waals surface area contributed by atoms with Crippen molar-refractivity contribution in [2.45, 2.75) is 17.4 Å². The average molecular weight is 407 g/mol. The Labute approximate surface area is 171 Å². The molecule has 2 amide bonds. The van der Waals surface area contributed by atoms with Gasteiger partial charge in [-0.25, -0.2) is 0 Å². The molecule has 0 saturated heterocycles. The number of anilines is 1. The maximum Gasteiger partial charge on any atom is 0.251 e. The Morgan fingerprint density at radius 1 is 0.897 bits per heavy atom. The SMILES string of the molecule is O=C(NC(Cc1ccccc1)C(=O)Nc1cccc(S(=O)[O-])c1)c1ccccc1. The zero-order valence-electron chi connectivity index (χ0n) is 15.4. The summed E-state index contributed by atoms with van der Waals surface area (Å²) in [5.41, 5.74) is 1.67. The van der Waals surface area contributed by atoms with Gasteiger partial charge in [0.15, 0.2) is 0 Å². The second-order valence-corrected chi connectivity index (χ2v) is 7.27. The molecule has 2 unspecified atom stereocenters. The molecule has 0 bridgehead atoms. The van der Waals surface area contributed by atoms with E-state index in [4.69, 9.17) is 0 Å². The van der Waals surface area contributed by atoms with Crippen LogP contribution in [0.2, 0.25) is 0 Å². The van der Waals surface area contributed by atoms with Gasteiger partial charge in [-0.15, -0.1) is 0 Å². The van der Waals surface area contributed by atoms with Gasteiger partial charge in [0.25, 0.3) is 5.91 Å². The number of benzene rings is 3. The molecule has 148 valence electrons. The summed E-state index contributed by atoms with van der Waals surface area (Å²) in [6, 6.07) is 23.0. The van der Waals surface area contributed by atoms with E-state index in [1.807, 2.05) is 30.3 Å². The molecule has 3 aromatic carbocycles. The molecule has 0 fully saturated rings. The van der Waals surface area contributed by atoms with E-state index in [1.54, 1.807) is 36.4 Å². The van der Waals surface area contributed by atoms with Crippen LogP contribution in [0.4, 0.5) is 5.69 Å². The summed E-state index contributed by atoms with van der Waals surface area (Å²) in [7, 11) is 0. The normalized spacial score (nSPS) is 12.6. The van der Waals surface area contributed by atoms with Gasteiger partial charge in [-0.1, -0.05) is 54.6 Å². The van der Waals surface area contributed by atoms with Crippen molar-refractivity contribution < 1.29 is 18.4 Å². The van der Waals surface area contributed by atoms with Crippen molar-refractivity contribution in [1.29, 1.82) is 0 Å². The average Bonchev–Trinajstić information content (AvgIpc) is 2.74. The molecule has 0 radical (unpaired) electrons. The minimum atomic E-state index is -2.40. The lowest BCUT2D eigenvalue weighted by Crippen LogP contribution is -2.45. The zero-order valence-corrected chi connectivity index (χ0v) is 16.2. The van der Waals surface area contributed by atoms with Crippen LogP contribution >= 0.6 is 0 Å². The monoisotopic (exact) mass is 407 g/mol. The lowest BCUT2D eigenvalue weighted by Gasteiger charge is -2.19. The highest BCUT2D eigenvalue weighted by molar-refractivity contribution is 7.79. The largest absolute Gasteiger partial charge is 0.768 e. The molecule has 2 atom stereocenters. The van der Waals surface area contributed by atoms with Crippen LogP contribution in [0, 0.1) is 0 Å². The Bertz CT molecular complexity index is 1010. The quantitative estimate of drug-likeness (QED) is 0.589. The van der Waals surface area contributed by atoms with E-state index in [9.17, 15) is 18.4 Å². The summed E-state index contributed by atoms with van der Waals surface area (Å²) in [5.74, 6) is -0.803. The fourth-order valence-corrected chi connectivity index (χ4v) is 3.21. The Kier molecular flexibility index (Phi) is 6.89. The first kappa shape index (κ1) is 20.4. The third kappa shape index (κ3) is 5.84. The zero-order chi connectivity index (χ0) is 20.6. The van der Waals surface area contributed by atoms with E-state index < -0.39 is 23.0 Å². The molecule has 0 aliphatic heterocycles. The van der Waals surface area contributed by atoms with Gasteiger partial charge >= 0.3 is 0 Å². The Morgan fingerprint density at radius 3 is 2.21 bits per heavy atom. The molecule has 0 aliphatic carbocycles. The first-order valence-electron chi connectivity index (χ1n) is 8.93. The third-order valence-electron chi connectivity index (χ3n) is 4.23. The summed E-state index contributed by atoms with van der Waals surface area (Å²) >= 11 is -2.40. The van der Waals surface area contributed by atoms with Crippen LogP contribution in [0.3, 0.4) is 0 Å². The van der Waals surface area contributed by atoms with Gasteiger partial charge in [0.1, 0.15) is 6.04 Å². The van der Waals surface area contributed by atoms with Crippen LogP contribution < -0.4 is 10.6 Å². The predicted molar refractivity (Wildman–Crippen MR) is 110 cm³/mol. The standard InChI is InChI=1S/C22H20N2O4S/c25-21(17-10-5-2-6-11-17)24-20(14-16-8-3-1-4-9-16)22(26)23-18-12-7-13-19(15-18)29(27)28/h1-13,15,20H,14H2,(H,23,26)(H,24,25)(H,27,28)/p-1. The van der Waals surface area contributed by atoms with Crippen LogP contribution in [0.25, 0.3) is 0 Å². The van der Waals surface area contributed by atoms with Crippen molar-refractivity contribution in [3.63, 3.8) is 0 Å². The van der Waals surface area contributed by atoms with Crippen molar-refractivity contribution in [3.8, 4) is 0 Å². The molecule has 0 saturated carbocycles. The van der Waals surface area contributed by atoms with E-state index in [1.165, 1.54) is 18.2 Å². The van der Waals surface area contributed by atoms with Crippen LogP contribution in [0.15, 0.2) is 89.8 Å². The summed E-state index contributed by atoms with van der Waals surface area (Å²) < 4.78 is 22.3. The van der Waals surface area contributed by atoms with E-state index in [0.29, 0.717) is 17.7 Å². The molecule has 0 heterocycles. The lowest BCUT2D eigenvalue weighted by atomic mass is 10.0. The fraction of sp³-hybridized carbons (Fsp3) is 0.0909. The summed E-state index contributed by atoms with van der Waals surface area (Å²) in [6.07, 6.45) is 0.290. The number of carbonyl (C=O) groups excluding carboxylic acids is 2. The van der Waals surface area contributed by atoms with E-state index in [2.05, 4.69) is 10.6 Å². The predicted octanol–water partition coefficient (Wildman–Crippen LogP) is 2.90. The maximum atomic E-state index is 12.9. The van der Waals surface area contributed by atoms with Gasteiger partial charge in [-0.05, 0) is 47.0 Å². The fourth-order valence-electron chi connectivity index (χ4n) is 2.80. The first-order chi connectivity index (χ1) is 14.0. The van der Waals surface area contributed by atoms with Crippen LogP contribution in [0.5, 0.6) is 0 Å². The Morgan fingerprint density at radius 2 is 1.55 bits per heavy atom. The van der Waals surface area contributed by atoms with Crippen molar-refractivity contribution in [3.05, 3.63) is 96.1 Å². The minimum Gasteiger partial charge on any atom is -0.768 e. The van der Waals surface area contributed by atoms with Crippen LogP contribution in [0.1, 0.15) is 15.9 Å². The molecule has 3 aromatic rings. The summed E-state index contributed by atoms with van der Waals surface area (Å²) in [5, 5.41) is 5.45. The minimum absolute atomic E-state index is 0.0655. The van der Waals surface area contributed by atoms with Gasteiger partial charge < -0.3 is 15.2 Å². The van der Waals surface area contributed by atoms with Gasteiger partial charge in [-0.2, -0.15) is 0 Å². The van der Waals surface area contributed by atoms with Gasteiger partial charge in [0.2, 0.25) is 5.91 Å². The number of hydrogen-bond acceptors (Lipinski definition) is 4. The smallest absolute Gasteiger partial charge is 0.251 e. The van der Waals surface area contributed by atoms with Crippen molar-refractivity contribution in [2.24, 2.45) is 0 Å². The van der Waals surface area contributed by atoms with Crippen LogP contribution in [-0.4, -0.2) is 26.6 Å². The lowest BCUT2D eigenvalue weighted by molar-refractivity contribution is -0.118. The second kappa shape index (κ2) is 9.77. The van der Waals surface area contributed by atoms with Crippen LogP contribution in [-0.2, 0) is 22.3 Å². The summed E-state index contributed by atoms with van der Waals surface area (Å²) in [4.78, 5) is 25.5. The number of rotatable bonds is 7. The molecular formula is C22H19N2O4S-. The topological polar surface area (TPSA) is 98.3 Å². The Hall–Kier alpha value is -3.29. The van der Waals surface area contributed by atoms with E-state index in [-0.39, 0.29) is 10.8 Å². The van der Waals surface area contributed by atoms with E-state index >= 15 is 0 Å². The van der Waals surface area contributed by atoms with Crippen molar-refractivity contribution >= 4 is 28.6 Å². The summed E-state index contributed by atoms with van der Waals surface area (Å²) in [6.45, 7) is 0. The maximum absolute atomic E-state index is 12.9. The molecule has 0 aliphatic rings. The second-order valence-electron chi connectivity index (χ2n) is 6.33. The molecule has 7 heteroatoms. The van der Waals surface area contributed by atoms with Gasteiger partial charge in [-0.3, -0.25) is 13.8 Å². The number of nitrogens with one attached hydrogen (secondary N) is 2. The highest BCUT2D eigenvalue weighted by atomic mass is 32.2. The molecule has 0 aromatic heterocycles. The highest BCUT2D eigenvalue weighted by Crippen LogP contribution is 2.14. The number of hydrogen-bond donors (Lipinski definition) is 2. The number of amides is 2. The highest BCUT2D eigenvalue weighted by Gasteiger charge is 2.22. The number of carbonyl (C=O) groups is 2. The Balaban J connectivity index is 1.79.